The molecule has 0 saturated heterocycles. The Morgan fingerprint density at radius 2 is 2.00 bits per heavy atom. The summed E-state index contributed by atoms with van der Waals surface area (Å²) in [7, 11) is 0. The normalized spacial score (nSPS) is 18.7. The molecule has 0 bridgehead atoms. The van der Waals surface area contributed by atoms with Crippen LogP contribution in [-0.4, -0.2) is 5.91 Å². The van der Waals surface area contributed by atoms with Crippen LogP contribution in [0.25, 0.3) is 0 Å². The third kappa shape index (κ3) is 2.98. The third-order valence-corrected chi connectivity index (χ3v) is 2.37. The second-order valence-corrected chi connectivity index (χ2v) is 3.33. The standard InChI is InChI=1S/C8H14N2O2/c11-8(9-10-12)6-7-4-2-1-3-5-7/h7H,1-6H2,(H,9,11,12). The van der Waals surface area contributed by atoms with E-state index < -0.39 is 0 Å². The zero-order valence-electron chi connectivity index (χ0n) is 7.08. The van der Waals surface area contributed by atoms with Crippen molar-refractivity contribution in [2.45, 2.75) is 38.5 Å². The highest BCUT2D eigenvalue weighted by Crippen LogP contribution is 2.25. The fraction of sp³-hybridized carbons (Fsp3) is 0.875. The average molecular weight is 170 g/mol. The van der Waals surface area contributed by atoms with Gasteiger partial charge < -0.3 is 0 Å². The highest BCUT2D eigenvalue weighted by atomic mass is 16.3. The predicted molar refractivity (Wildman–Crippen MR) is 45.1 cm³/mol. The molecule has 1 rings (SSSR count). The van der Waals surface area contributed by atoms with Crippen molar-refractivity contribution in [1.29, 1.82) is 0 Å². The summed E-state index contributed by atoms with van der Waals surface area (Å²) in [6, 6.07) is 0. The lowest BCUT2D eigenvalue weighted by Crippen LogP contribution is -2.21. The molecular formula is C8H14N2O2. The van der Waals surface area contributed by atoms with Crippen LogP contribution in [0, 0.1) is 10.8 Å². The van der Waals surface area contributed by atoms with Crippen LogP contribution < -0.4 is 5.43 Å². The summed E-state index contributed by atoms with van der Waals surface area (Å²) >= 11 is 0. The van der Waals surface area contributed by atoms with Gasteiger partial charge in [-0.3, -0.25) is 4.79 Å². The maximum absolute atomic E-state index is 10.9. The Kier molecular flexibility index (Phi) is 3.70. The molecule has 0 aromatic rings. The fourth-order valence-corrected chi connectivity index (χ4v) is 1.75. The largest absolute Gasteiger partial charge is 0.273 e. The number of nitrogens with one attached hydrogen (secondary N) is 1. The zero-order chi connectivity index (χ0) is 8.81. The number of amides is 1. The second-order valence-electron chi connectivity index (χ2n) is 3.33. The van der Waals surface area contributed by atoms with Gasteiger partial charge in [-0.2, -0.15) is 0 Å². The molecule has 1 saturated carbocycles. The lowest BCUT2D eigenvalue weighted by Gasteiger charge is -2.19. The van der Waals surface area contributed by atoms with E-state index in [-0.39, 0.29) is 5.91 Å². The first-order chi connectivity index (χ1) is 5.83. The van der Waals surface area contributed by atoms with E-state index in [9.17, 15) is 9.70 Å². The number of carbonyl (C=O) groups is 1. The summed E-state index contributed by atoms with van der Waals surface area (Å²) < 4.78 is 0. The number of hydrogen-bond acceptors (Lipinski definition) is 3. The van der Waals surface area contributed by atoms with Crippen molar-refractivity contribution in [3.05, 3.63) is 4.91 Å². The van der Waals surface area contributed by atoms with Crippen LogP contribution >= 0.6 is 0 Å². The minimum absolute atomic E-state index is 0.239. The van der Waals surface area contributed by atoms with Gasteiger partial charge >= 0.3 is 0 Å². The topological polar surface area (TPSA) is 58.5 Å². The minimum atomic E-state index is -0.239. The van der Waals surface area contributed by atoms with Crippen LogP contribution in [-0.2, 0) is 4.79 Å². The Balaban J connectivity index is 2.19. The van der Waals surface area contributed by atoms with E-state index in [0.29, 0.717) is 12.3 Å². The van der Waals surface area contributed by atoms with Gasteiger partial charge in [-0.1, -0.05) is 19.3 Å². The van der Waals surface area contributed by atoms with Gasteiger partial charge in [0.1, 0.15) is 0 Å². The summed E-state index contributed by atoms with van der Waals surface area (Å²) in [5.74, 6) is 0.234. The van der Waals surface area contributed by atoms with Crippen molar-refractivity contribution in [1.82, 2.24) is 5.43 Å². The Morgan fingerprint density at radius 3 is 2.58 bits per heavy atom. The molecule has 0 aliphatic heterocycles. The maximum Gasteiger partial charge on any atom is 0.242 e. The van der Waals surface area contributed by atoms with E-state index in [4.69, 9.17) is 0 Å². The van der Waals surface area contributed by atoms with Crippen LogP contribution in [0.1, 0.15) is 38.5 Å². The van der Waals surface area contributed by atoms with E-state index in [1.54, 1.807) is 0 Å². The van der Waals surface area contributed by atoms with Crippen molar-refractivity contribution in [2.75, 3.05) is 0 Å². The van der Waals surface area contributed by atoms with Crippen molar-refractivity contribution >= 4 is 5.91 Å². The molecule has 1 fully saturated rings. The van der Waals surface area contributed by atoms with Gasteiger partial charge in [0.25, 0.3) is 0 Å². The third-order valence-electron chi connectivity index (χ3n) is 2.37. The molecule has 12 heavy (non-hydrogen) atoms. The molecule has 68 valence electrons. The van der Waals surface area contributed by atoms with Gasteiger partial charge in [0.05, 0.1) is 5.29 Å². The van der Waals surface area contributed by atoms with E-state index >= 15 is 0 Å². The van der Waals surface area contributed by atoms with Crippen LogP contribution in [0.3, 0.4) is 0 Å². The molecule has 0 heterocycles. The summed E-state index contributed by atoms with van der Waals surface area (Å²) in [4.78, 5) is 20.6. The summed E-state index contributed by atoms with van der Waals surface area (Å²) in [5.41, 5.74) is 1.92. The van der Waals surface area contributed by atoms with E-state index in [0.717, 1.165) is 12.8 Å². The Bertz CT molecular complexity index is 164. The molecule has 4 heteroatoms. The molecular weight excluding hydrogens is 156 g/mol. The van der Waals surface area contributed by atoms with Crippen LogP contribution in [0.2, 0.25) is 0 Å². The molecule has 0 unspecified atom stereocenters. The first kappa shape index (κ1) is 9.16. The van der Waals surface area contributed by atoms with E-state index in [2.05, 4.69) is 5.29 Å². The molecule has 0 radical (unpaired) electrons. The predicted octanol–water partition coefficient (Wildman–Crippen LogP) is 1.75. The lowest BCUT2D eigenvalue weighted by molar-refractivity contribution is -0.122. The van der Waals surface area contributed by atoms with Gasteiger partial charge in [-0.15, -0.1) is 4.91 Å². The second kappa shape index (κ2) is 4.85. The molecule has 1 N–H and O–H groups in total. The van der Waals surface area contributed by atoms with Crippen molar-refractivity contribution in [3.63, 3.8) is 0 Å². The van der Waals surface area contributed by atoms with Gasteiger partial charge in [0, 0.05) is 6.42 Å². The van der Waals surface area contributed by atoms with Crippen molar-refractivity contribution in [3.8, 4) is 0 Å². The smallest absolute Gasteiger partial charge is 0.242 e. The monoisotopic (exact) mass is 170 g/mol. The van der Waals surface area contributed by atoms with Crippen LogP contribution in [0.15, 0.2) is 5.29 Å². The number of carbonyl (C=O) groups excluding carboxylic acids is 1. The number of nitroso groups, excluding NO2 is 1. The molecule has 1 aliphatic rings. The maximum atomic E-state index is 10.9. The summed E-state index contributed by atoms with van der Waals surface area (Å²) in [6.07, 6.45) is 6.41. The SMILES string of the molecule is O=NNC(=O)CC1CCCCC1. The van der Waals surface area contributed by atoms with Gasteiger partial charge in [0.15, 0.2) is 0 Å². The molecule has 0 atom stereocenters. The first-order valence-corrected chi connectivity index (χ1v) is 4.44. The molecule has 1 aliphatic carbocycles. The highest BCUT2D eigenvalue weighted by Gasteiger charge is 2.16. The van der Waals surface area contributed by atoms with Crippen molar-refractivity contribution in [2.24, 2.45) is 11.2 Å². The molecule has 0 spiro atoms. The molecule has 4 nitrogen and oxygen atoms in total. The van der Waals surface area contributed by atoms with Gasteiger partial charge in [-0.25, -0.2) is 5.43 Å². The van der Waals surface area contributed by atoms with E-state index in [1.165, 1.54) is 19.3 Å². The fourth-order valence-electron chi connectivity index (χ4n) is 1.75. The average Bonchev–Trinajstić information content (AvgIpc) is 2.06. The van der Waals surface area contributed by atoms with Crippen LogP contribution in [0.5, 0.6) is 0 Å². The number of hydrogen-bond donors (Lipinski definition) is 1. The van der Waals surface area contributed by atoms with E-state index in [1.807, 2.05) is 5.43 Å². The molecule has 1 amide bonds. The van der Waals surface area contributed by atoms with Gasteiger partial charge in [-0.05, 0) is 18.8 Å². The first-order valence-electron chi connectivity index (χ1n) is 4.44. The zero-order valence-corrected chi connectivity index (χ0v) is 7.08. The quantitative estimate of drug-likeness (QED) is 0.518. The Hall–Kier alpha value is -0.930. The number of rotatable bonds is 3. The molecule has 0 aromatic carbocycles. The Labute approximate surface area is 71.7 Å². The van der Waals surface area contributed by atoms with Gasteiger partial charge in [0.2, 0.25) is 5.91 Å². The summed E-state index contributed by atoms with van der Waals surface area (Å²) in [5, 5.41) is 2.35. The van der Waals surface area contributed by atoms with Crippen molar-refractivity contribution < 1.29 is 4.79 Å². The van der Waals surface area contributed by atoms with Crippen LogP contribution in [0.4, 0.5) is 0 Å². The number of nitrogens with zero attached hydrogens (tertiary/aromatic N) is 1. The molecule has 0 aromatic heterocycles. The Morgan fingerprint density at radius 1 is 1.33 bits per heavy atom. The summed E-state index contributed by atoms with van der Waals surface area (Å²) in [6.45, 7) is 0. The minimum Gasteiger partial charge on any atom is -0.273 e. The highest BCUT2D eigenvalue weighted by molar-refractivity contribution is 5.75. The lowest BCUT2D eigenvalue weighted by atomic mass is 9.87.